The van der Waals surface area contributed by atoms with E-state index in [2.05, 4.69) is 16.6 Å². The molecule has 3 N–H and O–H groups in total. The van der Waals surface area contributed by atoms with Gasteiger partial charge in [0.1, 0.15) is 6.04 Å². The number of amides is 1. The molecule has 0 spiro atoms. The molecule has 0 bridgehead atoms. The molecule has 1 aromatic carbocycles. The van der Waals surface area contributed by atoms with Crippen molar-refractivity contribution in [3.8, 4) is 12.3 Å². The zero-order chi connectivity index (χ0) is 14.5. The lowest BCUT2D eigenvalue weighted by Crippen LogP contribution is -2.52. The molecule has 2 rings (SSSR count). The van der Waals surface area contributed by atoms with Gasteiger partial charge in [0.2, 0.25) is 5.91 Å². The smallest absolute Gasteiger partial charge is 0.327 e. The zero-order valence-corrected chi connectivity index (χ0v) is 10.9. The molecule has 1 amide bonds. The number of carboxylic acids is 1. The Hall–Kier alpha value is -2.32. The Labute approximate surface area is 117 Å². The minimum absolute atomic E-state index is 0.0234. The zero-order valence-electron chi connectivity index (χ0n) is 10.9. The van der Waals surface area contributed by atoms with Gasteiger partial charge in [0.25, 0.3) is 0 Å². The quantitative estimate of drug-likeness (QED) is 0.689. The summed E-state index contributed by atoms with van der Waals surface area (Å²) in [7, 11) is 0. The van der Waals surface area contributed by atoms with Crippen molar-refractivity contribution >= 4 is 11.9 Å². The van der Waals surface area contributed by atoms with Gasteiger partial charge < -0.3 is 15.7 Å². The maximum Gasteiger partial charge on any atom is 0.327 e. The molecule has 104 valence electrons. The molecule has 0 radical (unpaired) electrons. The van der Waals surface area contributed by atoms with Crippen LogP contribution in [0.5, 0.6) is 0 Å². The van der Waals surface area contributed by atoms with E-state index in [0.717, 1.165) is 11.1 Å². The number of nitrogens with one attached hydrogen (secondary N) is 2. The summed E-state index contributed by atoms with van der Waals surface area (Å²) in [6.07, 6.45) is 5.63. The fourth-order valence-electron chi connectivity index (χ4n) is 2.23. The van der Waals surface area contributed by atoms with Gasteiger partial charge in [0.05, 0.1) is 6.04 Å². The lowest BCUT2D eigenvalue weighted by Gasteiger charge is -2.26. The minimum atomic E-state index is -1.12. The van der Waals surface area contributed by atoms with Crippen LogP contribution in [0.4, 0.5) is 0 Å². The van der Waals surface area contributed by atoms with Crippen molar-refractivity contribution < 1.29 is 14.7 Å². The first kappa shape index (κ1) is 14.1. The predicted octanol–water partition coefficient (Wildman–Crippen LogP) is 0.294. The van der Waals surface area contributed by atoms with Gasteiger partial charge in [-0.2, -0.15) is 0 Å². The number of hydrogen-bond acceptors (Lipinski definition) is 3. The third-order valence-corrected chi connectivity index (χ3v) is 3.33. The second kappa shape index (κ2) is 6.22. The molecule has 2 atom stereocenters. The van der Waals surface area contributed by atoms with Gasteiger partial charge >= 0.3 is 5.97 Å². The van der Waals surface area contributed by atoms with E-state index in [1.54, 1.807) is 0 Å². The molecule has 0 aromatic heterocycles. The molecule has 1 aliphatic heterocycles. The Kier molecular flexibility index (Phi) is 4.38. The third kappa shape index (κ3) is 3.16. The van der Waals surface area contributed by atoms with E-state index in [1.165, 1.54) is 0 Å². The highest BCUT2D eigenvalue weighted by molar-refractivity contribution is 5.87. The van der Waals surface area contributed by atoms with Crippen LogP contribution in [0.2, 0.25) is 0 Å². The van der Waals surface area contributed by atoms with Gasteiger partial charge in [-0.1, -0.05) is 24.3 Å². The summed E-state index contributed by atoms with van der Waals surface area (Å²) < 4.78 is 0. The van der Waals surface area contributed by atoms with E-state index in [-0.39, 0.29) is 12.3 Å². The van der Waals surface area contributed by atoms with Crippen LogP contribution in [0.25, 0.3) is 0 Å². The lowest BCUT2D eigenvalue weighted by atomic mass is 9.95. The van der Waals surface area contributed by atoms with Crippen LogP contribution < -0.4 is 10.6 Å². The van der Waals surface area contributed by atoms with Crippen LogP contribution in [-0.2, 0) is 22.6 Å². The van der Waals surface area contributed by atoms with E-state index in [0.29, 0.717) is 13.0 Å². The van der Waals surface area contributed by atoms with Gasteiger partial charge in [-0.05, 0) is 17.5 Å². The number of benzene rings is 1. The Morgan fingerprint density at radius 3 is 2.80 bits per heavy atom. The second-order valence-corrected chi connectivity index (χ2v) is 4.71. The van der Waals surface area contributed by atoms with Crippen molar-refractivity contribution in [3.63, 3.8) is 0 Å². The van der Waals surface area contributed by atoms with Crippen LogP contribution in [0.3, 0.4) is 0 Å². The van der Waals surface area contributed by atoms with Crippen molar-refractivity contribution in [1.82, 2.24) is 10.6 Å². The highest BCUT2D eigenvalue weighted by atomic mass is 16.4. The number of fused-ring (bicyclic) bond motifs is 1. The molecule has 5 heteroatoms. The van der Waals surface area contributed by atoms with E-state index in [9.17, 15) is 9.59 Å². The van der Waals surface area contributed by atoms with Crippen molar-refractivity contribution in [1.29, 1.82) is 0 Å². The molecule has 1 heterocycles. The van der Waals surface area contributed by atoms with E-state index < -0.39 is 18.1 Å². The maximum absolute atomic E-state index is 12.1. The highest BCUT2D eigenvalue weighted by Crippen LogP contribution is 2.16. The van der Waals surface area contributed by atoms with Crippen LogP contribution in [0, 0.1) is 12.3 Å². The standard InChI is InChI=1S/C15H16N2O3/c1-2-5-12(15(19)20)17-14(18)13-8-10-6-3-4-7-11(10)9-16-13/h1,3-4,6-7,12-13,16H,5,8-9H2,(H,17,18)(H,19,20)/t12?,13-/m0/s1. The Morgan fingerprint density at radius 1 is 1.45 bits per heavy atom. The molecule has 1 aliphatic rings. The van der Waals surface area contributed by atoms with E-state index in [1.807, 2.05) is 24.3 Å². The third-order valence-electron chi connectivity index (χ3n) is 3.33. The van der Waals surface area contributed by atoms with Gasteiger partial charge in [-0.15, -0.1) is 12.3 Å². The summed E-state index contributed by atoms with van der Waals surface area (Å²) in [6, 6.07) is 6.41. The summed E-state index contributed by atoms with van der Waals surface area (Å²) in [4.78, 5) is 23.1. The summed E-state index contributed by atoms with van der Waals surface area (Å²) in [6.45, 7) is 0.598. The molecular weight excluding hydrogens is 256 g/mol. The maximum atomic E-state index is 12.1. The van der Waals surface area contributed by atoms with Gasteiger partial charge in [0.15, 0.2) is 0 Å². The molecule has 0 fully saturated rings. The fourth-order valence-corrected chi connectivity index (χ4v) is 2.23. The number of carboxylic acid groups (broad SMARTS) is 1. The topological polar surface area (TPSA) is 78.4 Å². The highest BCUT2D eigenvalue weighted by Gasteiger charge is 2.27. The van der Waals surface area contributed by atoms with E-state index in [4.69, 9.17) is 11.5 Å². The predicted molar refractivity (Wildman–Crippen MR) is 73.8 cm³/mol. The monoisotopic (exact) mass is 272 g/mol. The number of carbonyl (C=O) groups is 2. The van der Waals surface area contributed by atoms with Crippen LogP contribution in [-0.4, -0.2) is 29.1 Å². The average molecular weight is 272 g/mol. The summed E-state index contributed by atoms with van der Waals surface area (Å²) >= 11 is 0. The van der Waals surface area contributed by atoms with Crippen LogP contribution in [0.15, 0.2) is 24.3 Å². The SMILES string of the molecule is C#CCC(NC(=O)[C@@H]1Cc2ccccc2CN1)C(=O)O. The first-order valence-corrected chi connectivity index (χ1v) is 6.38. The van der Waals surface area contributed by atoms with Gasteiger partial charge in [-0.25, -0.2) is 4.79 Å². The fraction of sp³-hybridized carbons (Fsp3) is 0.333. The van der Waals surface area contributed by atoms with Crippen LogP contribution in [0.1, 0.15) is 17.5 Å². The Bertz CT molecular complexity index is 562. The van der Waals surface area contributed by atoms with Crippen molar-refractivity contribution in [3.05, 3.63) is 35.4 Å². The first-order chi connectivity index (χ1) is 9.61. The lowest BCUT2D eigenvalue weighted by molar-refractivity contribution is -0.142. The molecule has 0 aliphatic carbocycles. The minimum Gasteiger partial charge on any atom is -0.480 e. The molecular formula is C15H16N2O3. The number of terminal acetylenes is 1. The molecule has 1 unspecified atom stereocenters. The average Bonchev–Trinajstić information content (AvgIpc) is 2.46. The normalized spacial score (nSPS) is 18.4. The first-order valence-electron chi connectivity index (χ1n) is 6.38. The van der Waals surface area contributed by atoms with Crippen LogP contribution >= 0.6 is 0 Å². The van der Waals surface area contributed by atoms with Crippen molar-refractivity contribution in [2.24, 2.45) is 0 Å². The van der Waals surface area contributed by atoms with Gasteiger partial charge in [0, 0.05) is 13.0 Å². The number of aliphatic carboxylic acids is 1. The summed E-state index contributed by atoms with van der Waals surface area (Å²) in [5.74, 6) is 0.808. The molecule has 0 saturated carbocycles. The van der Waals surface area contributed by atoms with E-state index >= 15 is 0 Å². The molecule has 1 aromatic rings. The summed E-state index contributed by atoms with van der Waals surface area (Å²) in [5, 5.41) is 14.6. The molecule has 20 heavy (non-hydrogen) atoms. The number of carbonyl (C=O) groups excluding carboxylic acids is 1. The molecule has 0 saturated heterocycles. The summed E-state index contributed by atoms with van der Waals surface area (Å²) in [5.41, 5.74) is 2.27. The molecule has 5 nitrogen and oxygen atoms in total. The Morgan fingerprint density at radius 2 is 2.15 bits per heavy atom. The Balaban J connectivity index is 2.01. The number of rotatable bonds is 4. The largest absolute Gasteiger partial charge is 0.480 e. The second-order valence-electron chi connectivity index (χ2n) is 4.71. The van der Waals surface area contributed by atoms with Gasteiger partial charge in [-0.3, -0.25) is 4.79 Å². The van der Waals surface area contributed by atoms with Crippen molar-refractivity contribution in [2.45, 2.75) is 31.5 Å². The number of hydrogen-bond donors (Lipinski definition) is 3. The van der Waals surface area contributed by atoms with Crippen molar-refractivity contribution in [2.75, 3.05) is 0 Å².